The molecule has 1 saturated heterocycles. The topological polar surface area (TPSA) is 138 Å². The first-order chi connectivity index (χ1) is 21.3. The van der Waals surface area contributed by atoms with Crippen molar-refractivity contribution >= 4 is 23.5 Å². The Bertz CT molecular complexity index is 1610. The number of piperazine rings is 1. The van der Waals surface area contributed by atoms with E-state index in [1.807, 2.05) is 36.9 Å². The smallest absolute Gasteiger partial charge is 0.249 e. The van der Waals surface area contributed by atoms with Crippen LogP contribution in [0.25, 0.3) is 5.82 Å². The van der Waals surface area contributed by atoms with Gasteiger partial charge >= 0.3 is 0 Å². The molecule has 4 aromatic heterocycles. The van der Waals surface area contributed by atoms with E-state index in [4.69, 9.17) is 9.97 Å². The number of H-pyrrole nitrogens is 1. The van der Waals surface area contributed by atoms with Gasteiger partial charge in [-0.25, -0.2) is 24.0 Å². The van der Waals surface area contributed by atoms with Gasteiger partial charge in [-0.15, -0.1) is 0 Å². The minimum absolute atomic E-state index is 0.0185. The molecular formula is C31H37FN10O2. The average Bonchev–Trinajstić information content (AvgIpc) is 3.70. The van der Waals surface area contributed by atoms with Crippen molar-refractivity contribution in [3.63, 3.8) is 0 Å². The Morgan fingerprint density at radius 2 is 1.98 bits per heavy atom. The summed E-state index contributed by atoms with van der Waals surface area (Å²) in [7, 11) is 0. The van der Waals surface area contributed by atoms with Crippen LogP contribution in [0, 0.1) is 12.7 Å². The van der Waals surface area contributed by atoms with E-state index in [9.17, 15) is 14.0 Å². The highest BCUT2D eigenvalue weighted by Crippen LogP contribution is 2.44. The van der Waals surface area contributed by atoms with Crippen molar-refractivity contribution in [2.24, 2.45) is 0 Å². The fraction of sp³-hybridized carbons (Fsp3) is 0.452. The van der Waals surface area contributed by atoms with Gasteiger partial charge in [0.15, 0.2) is 11.6 Å². The largest absolute Gasteiger partial charge is 0.326 e. The lowest BCUT2D eigenvalue weighted by molar-refractivity contribution is -0.170. The van der Waals surface area contributed by atoms with E-state index in [0.717, 1.165) is 41.9 Å². The van der Waals surface area contributed by atoms with Crippen LogP contribution >= 0.6 is 0 Å². The second kappa shape index (κ2) is 12.1. The van der Waals surface area contributed by atoms with E-state index < -0.39 is 11.4 Å². The highest BCUT2D eigenvalue weighted by molar-refractivity contribution is 5.98. The van der Waals surface area contributed by atoms with E-state index >= 15 is 0 Å². The van der Waals surface area contributed by atoms with Crippen molar-refractivity contribution in [1.82, 2.24) is 44.7 Å². The van der Waals surface area contributed by atoms with Gasteiger partial charge < -0.3 is 15.1 Å². The fourth-order valence-electron chi connectivity index (χ4n) is 6.42. The third-order valence-electron chi connectivity index (χ3n) is 8.84. The number of amides is 2. The molecule has 0 aromatic carbocycles. The maximum absolute atomic E-state index is 14.5. The molecule has 0 radical (unpaired) electrons. The molecular weight excluding hydrogens is 563 g/mol. The molecule has 0 bridgehead atoms. The van der Waals surface area contributed by atoms with Gasteiger partial charge in [0.05, 0.1) is 24.6 Å². The summed E-state index contributed by atoms with van der Waals surface area (Å²) in [6, 6.07) is 6.93. The number of nitrogens with one attached hydrogen (secondary N) is 2. The maximum atomic E-state index is 14.5. The van der Waals surface area contributed by atoms with Crippen molar-refractivity contribution in [3.05, 3.63) is 72.0 Å². The van der Waals surface area contributed by atoms with Crippen LogP contribution in [0.4, 0.5) is 16.0 Å². The molecule has 0 unspecified atom stereocenters. The van der Waals surface area contributed by atoms with E-state index in [1.54, 1.807) is 23.4 Å². The molecule has 2 aliphatic rings. The Morgan fingerprint density at radius 3 is 2.64 bits per heavy atom. The van der Waals surface area contributed by atoms with Crippen molar-refractivity contribution in [2.75, 3.05) is 18.4 Å². The minimum atomic E-state index is -0.907. The molecule has 2 fully saturated rings. The lowest BCUT2D eigenvalue weighted by Crippen LogP contribution is -2.69. The third-order valence-corrected chi connectivity index (χ3v) is 8.84. The van der Waals surface area contributed by atoms with Gasteiger partial charge in [0, 0.05) is 36.5 Å². The molecule has 2 amide bonds. The molecule has 1 spiro atoms. The van der Waals surface area contributed by atoms with Crippen LogP contribution in [-0.4, -0.2) is 75.2 Å². The molecule has 6 rings (SSSR count). The lowest BCUT2D eigenvalue weighted by atomic mass is 9.72. The van der Waals surface area contributed by atoms with Crippen molar-refractivity contribution in [2.45, 2.75) is 76.8 Å². The zero-order valence-electron chi connectivity index (χ0n) is 25.2. The molecule has 12 nitrogen and oxygen atoms in total. The Balaban J connectivity index is 1.23. The monoisotopic (exact) mass is 600 g/mol. The Labute approximate surface area is 255 Å². The highest BCUT2D eigenvalue weighted by Gasteiger charge is 2.54. The number of anilines is 2. The number of aryl methyl sites for hydroxylation is 1. The number of hydrogen-bond donors (Lipinski definition) is 2. The summed E-state index contributed by atoms with van der Waals surface area (Å²) >= 11 is 0. The summed E-state index contributed by atoms with van der Waals surface area (Å²) in [4.78, 5) is 45.7. The number of pyridine rings is 1. The van der Waals surface area contributed by atoms with Gasteiger partial charge in [0.1, 0.15) is 29.5 Å². The molecule has 230 valence electrons. The van der Waals surface area contributed by atoms with Crippen molar-refractivity contribution in [1.29, 1.82) is 0 Å². The van der Waals surface area contributed by atoms with Crippen LogP contribution in [0.1, 0.15) is 81.4 Å². The zero-order valence-corrected chi connectivity index (χ0v) is 25.2. The molecule has 4 aromatic rings. The van der Waals surface area contributed by atoms with Crippen LogP contribution in [0.5, 0.6) is 0 Å². The second-order valence-corrected chi connectivity index (χ2v) is 11.7. The molecule has 1 atom stereocenters. The van der Waals surface area contributed by atoms with Crippen molar-refractivity contribution < 1.29 is 14.0 Å². The molecule has 1 saturated carbocycles. The Morgan fingerprint density at radius 1 is 1.16 bits per heavy atom. The van der Waals surface area contributed by atoms with Crippen molar-refractivity contribution in [3.8, 4) is 5.82 Å². The first-order valence-electron chi connectivity index (χ1n) is 15.2. The van der Waals surface area contributed by atoms with Crippen LogP contribution in [0.15, 0.2) is 49.1 Å². The van der Waals surface area contributed by atoms with Crippen LogP contribution in [0.3, 0.4) is 0 Å². The number of carbonyl (C=O) groups excluding carboxylic acids is 2. The Hall–Kier alpha value is -4.68. The first kappa shape index (κ1) is 29.4. The number of aromatic amines is 1. The SMILES string of the molecule is CCCCN1C(=O)CN([C@@H](C)c2ccc(-n3cc(F)cn3)nc2)C(=O)C12CCC(c1nc(C)cc(Nc3ccn[nH]3)n1)CC2. The number of aromatic nitrogens is 7. The number of rotatable bonds is 9. The number of unbranched alkanes of at least 4 members (excludes halogenated alkanes) is 1. The van der Waals surface area contributed by atoms with E-state index in [0.29, 0.717) is 43.9 Å². The predicted molar refractivity (Wildman–Crippen MR) is 161 cm³/mol. The summed E-state index contributed by atoms with van der Waals surface area (Å²) in [5.74, 6) is 2.19. The van der Waals surface area contributed by atoms with E-state index in [1.165, 1.54) is 10.9 Å². The van der Waals surface area contributed by atoms with Gasteiger partial charge in [-0.3, -0.25) is 14.7 Å². The normalized spacial score (nSPS) is 21.2. The molecule has 1 aliphatic heterocycles. The maximum Gasteiger partial charge on any atom is 0.249 e. The van der Waals surface area contributed by atoms with Crippen LogP contribution < -0.4 is 5.32 Å². The van der Waals surface area contributed by atoms with Gasteiger partial charge in [0.2, 0.25) is 11.8 Å². The molecule has 13 heteroatoms. The number of carbonyl (C=O) groups is 2. The number of halogens is 1. The minimum Gasteiger partial charge on any atom is -0.326 e. The fourth-order valence-corrected chi connectivity index (χ4v) is 6.42. The standard InChI is InChI=1S/C31H37FN10O2/c1-4-5-14-41-28(43)19-40(21(3)23-6-7-27(33-16-23)42-18-24(32)17-35-42)30(44)31(41)11-8-22(9-12-31)29-36-20(2)15-26(38-29)37-25-10-13-34-39-25/h6-7,10,13,15-18,21-22H,4-5,8-9,11-12,14,19H2,1-3H3,(H2,34,36,37,38,39)/t21-,22?,31?/m0/s1. The van der Waals surface area contributed by atoms with Crippen LogP contribution in [-0.2, 0) is 9.59 Å². The molecule has 1 aliphatic carbocycles. The number of nitrogens with zero attached hydrogens (tertiary/aromatic N) is 8. The van der Waals surface area contributed by atoms with Gasteiger partial charge in [-0.2, -0.15) is 10.2 Å². The lowest BCUT2D eigenvalue weighted by Gasteiger charge is -2.53. The molecule has 2 N–H and O–H groups in total. The average molecular weight is 601 g/mol. The zero-order chi connectivity index (χ0) is 30.8. The summed E-state index contributed by atoms with van der Waals surface area (Å²) < 4.78 is 14.8. The van der Waals surface area contributed by atoms with E-state index in [-0.39, 0.29) is 30.3 Å². The summed E-state index contributed by atoms with van der Waals surface area (Å²) in [5.41, 5.74) is 0.734. The van der Waals surface area contributed by atoms with Gasteiger partial charge in [0.25, 0.3) is 0 Å². The van der Waals surface area contributed by atoms with Gasteiger partial charge in [-0.05, 0) is 57.6 Å². The second-order valence-electron chi connectivity index (χ2n) is 11.7. The van der Waals surface area contributed by atoms with Crippen LogP contribution in [0.2, 0.25) is 0 Å². The predicted octanol–water partition coefficient (Wildman–Crippen LogP) is 4.60. The quantitative estimate of drug-likeness (QED) is 0.284. The summed E-state index contributed by atoms with van der Waals surface area (Å²) in [6.45, 7) is 6.53. The third kappa shape index (κ3) is 5.65. The first-order valence-corrected chi connectivity index (χ1v) is 15.2. The number of hydrogen-bond acceptors (Lipinski definition) is 8. The highest BCUT2D eigenvalue weighted by atomic mass is 19.1. The molecule has 44 heavy (non-hydrogen) atoms. The summed E-state index contributed by atoms with van der Waals surface area (Å²) in [5, 5.41) is 14.1. The van der Waals surface area contributed by atoms with Gasteiger partial charge in [-0.1, -0.05) is 19.4 Å². The van der Waals surface area contributed by atoms with E-state index in [2.05, 4.69) is 32.5 Å². The molecule has 5 heterocycles. The Kier molecular flexibility index (Phi) is 8.11. The summed E-state index contributed by atoms with van der Waals surface area (Å²) in [6.07, 6.45) is 9.92.